The molecule has 1 fully saturated rings. The maximum atomic E-state index is 16.0. The molecular formula is C38H35F3N4NaO10PS. The summed E-state index contributed by atoms with van der Waals surface area (Å²) in [7, 11) is -5.16. The zero-order valence-corrected chi connectivity index (χ0v) is 35.0. The van der Waals surface area contributed by atoms with Gasteiger partial charge in [0.15, 0.2) is 11.9 Å². The van der Waals surface area contributed by atoms with Crippen LogP contribution in [0.25, 0.3) is 6.08 Å². The first-order valence-electron chi connectivity index (χ1n) is 17.0. The van der Waals surface area contributed by atoms with Crippen molar-refractivity contribution in [1.29, 1.82) is 5.26 Å². The van der Waals surface area contributed by atoms with Crippen LogP contribution in [0.4, 0.5) is 13.2 Å². The van der Waals surface area contributed by atoms with Gasteiger partial charge in [0.25, 0.3) is 7.82 Å². The van der Waals surface area contributed by atoms with Crippen LogP contribution in [-0.2, 0) is 58.2 Å². The van der Waals surface area contributed by atoms with E-state index in [1.165, 1.54) is 65.5 Å². The monoisotopic (exact) mass is 850 g/mol. The largest absolute Gasteiger partial charge is 1.00 e. The Hall–Kier alpha value is -4.12. The number of nitriles is 1. The smallest absolute Gasteiger partial charge is 0.756 e. The minimum Gasteiger partial charge on any atom is -0.756 e. The van der Waals surface area contributed by atoms with Gasteiger partial charge < -0.3 is 33.3 Å². The van der Waals surface area contributed by atoms with Crippen LogP contribution in [0.3, 0.4) is 0 Å². The molecule has 1 N–H and O–H groups in total. The number of carbonyl (C=O) groups excluding carboxylic acids is 2. The summed E-state index contributed by atoms with van der Waals surface area (Å²) in [6.07, 6.45) is 8.08. The summed E-state index contributed by atoms with van der Waals surface area (Å²) >= 11 is 1.22. The minimum absolute atomic E-state index is 0. The van der Waals surface area contributed by atoms with Crippen LogP contribution >= 0.6 is 19.6 Å². The molecule has 3 aromatic carbocycles. The van der Waals surface area contributed by atoms with Gasteiger partial charge in [0.1, 0.15) is 36.7 Å². The number of halogens is 3. The van der Waals surface area contributed by atoms with Gasteiger partial charge in [0.2, 0.25) is 0 Å². The molecule has 14 nitrogen and oxygen atoms in total. The number of rotatable bonds is 16. The number of ether oxygens (including phenoxy) is 4. The van der Waals surface area contributed by atoms with Crippen molar-refractivity contribution in [2.24, 2.45) is 0 Å². The van der Waals surface area contributed by atoms with E-state index in [-0.39, 0.29) is 82.7 Å². The maximum absolute atomic E-state index is 16.0. The molecule has 0 aliphatic carbocycles. The first-order valence-corrected chi connectivity index (χ1v) is 19.5. The molecule has 0 amide bonds. The predicted molar refractivity (Wildman–Crippen MR) is 196 cm³/mol. The Kier molecular flexibility index (Phi) is 17.0. The van der Waals surface area contributed by atoms with Crippen molar-refractivity contribution in [1.82, 2.24) is 14.8 Å². The Balaban J connectivity index is 0.00000744. The van der Waals surface area contributed by atoms with E-state index in [2.05, 4.69) is 14.6 Å². The van der Waals surface area contributed by atoms with Gasteiger partial charge in [-0.15, -0.1) is 11.8 Å². The van der Waals surface area contributed by atoms with Crippen LogP contribution in [0.2, 0.25) is 0 Å². The van der Waals surface area contributed by atoms with Gasteiger partial charge >= 0.3 is 41.5 Å². The van der Waals surface area contributed by atoms with Crippen molar-refractivity contribution < 1.29 is 90.1 Å². The molecule has 1 aromatic heterocycles. The van der Waals surface area contributed by atoms with Crippen LogP contribution in [0, 0.1) is 28.8 Å². The number of phosphoric acid groups is 1. The van der Waals surface area contributed by atoms with Crippen molar-refractivity contribution >= 4 is 37.6 Å². The summed E-state index contributed by atoms with van der Waals surface area (Å²) in [4.78, 5) is 50.4. The zero-order valence-electron chi connectivity index (χ0n) is 31.3. The fourth-order valence-corrected chi connectivity index (χ4v) is 7.38. The maximum Gasteiger partial charge on any atom is 1.00 e. The molecule has 58 heavy (non-hydrogen) atoms. The van der Waals surface area contributed by atoms with Crippen LogP contribution < -0.4 is 34.5 Å². The number of aromatic nitrogens is 3. The van der Waals surface area contributed by atoms with Crippen molar-refractivity contribution in [3.05, 3.63) is 136 Å². The number of allylic oxidation sites excluding steroid dienone is 2. The summed E-state index contributed by atoms with van der Waals surface area (Å²) in [5, 5.41) is 11.8. The quantitative estimate of drug-likeness (QED) is 0.0748. The number of benzene rings is 3. The Labute approximate surface area is 357 Å². The molecule has 1 aliphatic rings. The average Bonchev–Trinajstić information content (AvgIpc) is 3.68. The standard InChI is InChI=1S/C38H36F3N4O10PS.Na/c1-24(57-31-19-52-36(53-20-31)6-4-3-5-28-9-7-26(16-42)14-34(28)40)38(21-45-23-43-22-44-45,33-12-11-30(39)15-35(33)41)55-37(47)32-13-27(17-54-56(48,49)50)8-10-29(32)18-51-25(2)46;/h3-15,22-24,31,36H,17-21H2,1-2H3,(H2,48,49,50);/q;+1/p-1/t24-,31?,36?,38-;/m1./s1. The first-order chi connectivity index (χ1) is 27.2. The number of esters is 2. The molecule has 0 bridgehead atoms. The van der Waals surface area contributed by atoms with Crippen LogP contribution in [0.15, 0.2) is 85.5 Å². The zero-order chi connectivity index (χ0) is 41.2. The molecule has 0 radical (unpaired) electrons. The Morgan fingerprint density at radius 1 is 1.12 bits per heavy atom. The molecule has 1 unspecified atom stereocenters. The molecule has 4 aromatic rings. The van der Waals surface area contributed by atoms with Gasteiger partial charge in [-0.05, 0) is 48.9 Å². The fraction of sp³-hybridized carbons (Fsp3) is 0.289. The van der Waals surface area contributed by atoms with E-state index in [9.17, 15) is 27.8 Å². The number of hydrogen-bond donors (Lipinski definition) is 1. The van der Waals surface area contributed by atoms with E-state index in [4.69, 9.17) is 29.1 Å². The molecule has 0 spiro atoms. The number of thioether (sulfide) groups is 1. The topological polar surface area (TPSA) is 195 Å². The van der Waals surface area contributed by atoms with E-state index in [1.807, 2.05) is 6.07 Å². The predicted octanol–water partition coefficient (Wildman–Crippen LogP) is 2.50. The van der Waals surface area contributed by atoms with Crippen LogP contribution in [0.5, 0.6) is 0 Å². The van der Waals surface area contributed by atoms with E-state index in [0.717, 1.165) is 25.1 Å². The molecule has 5 rings (SSSR count). The molecule has 20 heteroatoms. The van der Waals surface area contributed by atoms with Crippen molar-refractivity contribution in [3.63, 3.8) is 0 Å². The van der Waals surface area contributed by atoms with Crippen molar-refractivity contribution in [3.8, 4) is 6.07 Å². The number of nitrogens with zero attached hydrogens (tertiary/aromatic N) is 4. The average molecular weight is 851 g/mol. The summed E-state index contributed by atoms with van der Waals surface area (Å²) in [5.74, 6) is -4.22. The third-order valence-electron chi connectivity index (χ3n) is 8.48. The second-order valence-corrected chi connectivity index (χ2v) is 15.4. The first kappa shape index (κ1) is 46.6. The Bertz CT molecular complexity index is 2210. The second kappa shape index (κ2) is 21.2. The van der Waals surface area contributed by atoms with Crippen molar-refractivity contribution in [2.45, 2.75) is 56.0 Å². The number of carbonyl (C=O) groups is 2. The SMILES string of the molecule is CC(=O)OCc1ccc(COP(=O)([O-])O)cc1C(=O)O[C@@](Cn1cncn1)(c1ccc(F)cc1F)[C@@H](C)SC1COC(C=CC=Cc2ccc(C#N)cc2F)OC1.[Na+]. The van der Waals surface area contributed by atoms with E-state index in [0.29, 0.717) is 6.07 Å². The molecule has 0 saturated carbocycles. The van der Waals surface area contributed by atoms with Crippen molar-refractivity contribution in [2.75, 3.05) is 13.2 Å². The Morgan fingerprint density at radius 2 is 1.88 bits per heavy atom. The molecule has 1 aliphatic heterocycles. The van der Waals surface area contributed by atoms with Gasteiger partial charge in [0, 0.05) is 34.9 Å². The molecular weight excluding hydrogens is 815 g/mol. The molecule has 300 valence electrons. The number of phosphoric ester groups is 1. The third-order valence-corrected chi connectivity index (χ3v) is 10.4. The molecule has 3 atom stereocenters. The van der Waals surface area contributed by atoms with Gasteiger partial charge in [-0.3, -0.25) is 9.36 Å². The summed E-state index contributed by atoms with van der Waals surface area (Å²) in [6.45, 7) is 1.67. The third kappa shape index (κ3) is 12.9. The molecule has 2 heterocycles. The molecule has 1 saturated heterocycles. The van der Waals surface area contributed by atoms with Gasteiger partial charge in [-0.2, -0.15) is 10.4 Å². The minimum atomic E-state index is -5.16. The van der Waals surface area contributed by atoms with Crippen LogP contribution in [0.1, 0.15) is 52.0 Å². The second-order valence-electron chi connectivity index (χ2n) is 12.5. The number of hydrogen-bond acceptors (Lipinski definition) is 13. The van der Waals surface area contributed by atoms with E-state index >= 15 is 4.39 Å². The van der Waals surface area contributed by atoms with Gasteiger partial charge in [0.05, 0.1) is 48.8 Å². The fourth-order valence-electron chi connectivity index (χ4n) is 5.71. The summed E-state index contributed by atoms with van der Waals surface area (Å²) in [6, 6.07) is 12.7. The van der Waals surface area contributed by atoms with Crippen LogP contribution in [-0.4, -0.2) is 61.6 Å². The normalized spacial score (nSPS) is 18.1. The summed E-state index contributed by atoms with van der Waals surface area (Å²) < 4.78 is 84.8. The van der Waals surface area contributed by atoms with Gasteiger partial charge in [-0.1, -0.05) is 36.4 Å². The van der Waals surface area contributed by atoms with E-state index < -0.39 is 72.8 Å². The van der Waals surface area contributed by atoms with E-state index in [1.54, 1.807) is 25.2 Å². The van der Waals surface area contributed by atoms with Gasteiger partial charge in [-0.25, -0.2) is 27.6 Å². The Morgan fingerprint density at radius 3 is 2.52 bits per heavy atom. The summed E-state index contributed by atoms with van der Waals surface area (Å²) in [5.41, 5.74) is -1.68.